The van der Waals surface area contributed by atoms with Crippen molar-refractivity contribution < 1.29 is 24.2 Å². The third-order valence-corrected chi connectivity index (χ3v) is 7.44. The summed E-state index contributed by atoms with van der Waals surface area (Å²) in [5, 5.41) is 20.1. The minimum absolute atomic E-state index is 0.139. The molecule has 41 heavy (non-hydrogen) atoms. The maximum absolute atomic E-state index is 12.9. The number of anilines is 1. The number of rotatable bonds is 9. The fourth-order valence-electron chi connectivity index (χ4n) is 4.20. The standard InChI is InChI=1S/C30H28BrClN4O5/c1-17-26(34-30(40)41-18(2)23-6-4-5-7-24(23)32)27(35-36(17)3)20-10-12-21(13-11-20)28(37)33-25(29(38)39)16-19-8-14-22(31)15-9-19/h4-15,18,25H,16H2,1-3H3,(H,33,37)(H,34,40)(H,38,39). The monoisotopic (exact) mass is 638 g/mol. The minimum Gasteiger partial charge on any atom is -0.480 e. The number of nitrogens with zero attached hydrogens (tertiary/aromatic N) is 2. The summed E-state index contributed by atoms with van der Waals surface area (Å²) in [5.41, 5.74) is 4.03. The fourth-order valence-corrected chi connectivity index (χ4v) is 4.75. The lowest BCUT2D eigenvalue weighted by molar-refractivity contribution is -0.139. The van der Waals surface area contributed by atoms with Crippen LogP contribution in [0, 0.1) is 6.92 Å². The summed E-state index contributed by atoms with van der Waals surface area (Å²) in [6.45, 7) is 3.54. The van der Waals surface area contributed by atoms with Crippen LogP contribution in [0.25, 0.3) is 11.3 Å². The predicted molar refractivity (Wildman–Crippen MR) is 160 cm³/mol. The van der Waals surface area contributed by atoms with Gasteiger partial charge in [0.05, 0.1) is 11.4 Å². The molecule has 2 atom stereocenters. The van der Waals surface area contributed by atoms with E-state index in [1.165, 1.54) is 0 Å². The third-order valence-electron chi connectivity index (χ3n) is 6.57. The normalized spacial score (nSPS) is 12.3. The zero-order valence-corrected chi connectivity index (χ0v) is 24.9. The van der Waals surface area contributed by atoms with Crippen LogP contribution in [0.5, 0.6) is 0 Å². The number of carboxylic acids is 1. The summed E-state index contributed by atoms with van der Waals surface area (Å²) in [6, 6.07) is 19.8. The molecule has 0 fully saturated rings. The largest absolute Gasteiger partial charge is 0.480 e. The highest BCUT2D eigenvalue weighted by molar-refractivity contribution is 9.10. The Morgan fingerprint density at radius 1 is 1.05 bits per heavy atom. The summed E-state index contributed by atoms with van der Waals surface area (Å²) in [5.74, 6) is -1.65. The SMILES string of the molecule is Cc1c(NC(=O)OC(C)c2ccccc2Cl)c(-c2ccc(C(=O)NC(Cc3ccc(Br)cc3)C(=O)O)cc2)nn1C. The van der Waals surface area contributed by atoms with Crippen LogP contribution in [0.2, 0.25) is 5.02 Å². The molecule has 2 unspecified atom stereocenters. The van der Waals surface area contributed by atoms with Crippen molar-refractivity contribution >= 4 is 51.2 Å². The molecule has 11 heteroatoms. The molecule has 3 N–H and O–H groups in total. The van der Waals surface area contributed by atoms with Crippen molar-refractivity contribution in [2.75, 3.05) is 5.32 Å². The summed E-state index contributed by atoms with van der Waals surface area (Å²) >= 11 is 9.58. The molecule has 3 aromatic carbocycles. The van der Waals surface area contributed by atoms with Gasteiger partial charge in [0.15, 0.2) is 0 Å². The van der Waals surface area contributed by atoms with Crippen LogP contribution in [0.15, 0.2) is 77.3 Å². The van der Waals surface area contributed by atoms with Crippen molar-refractivity contribution in [1.82, 2.24) is 15.1 Å². The van der Waals surface area contributed by atoms with Crippen LogP contribution in [-0.2, 0) is 23.0 Å². The van der Waals surface area contributed by atoms with Crippen molar-refractivity contribution in [3.63, 3.8) is 0 Å². The Morgan fingerprint density at radius 2 is 1.71 bits per heavy atom. The quantitative estimate of drug-likeness (QED) is 0.191. The van der Waals surface area contributed by atoms with Gasteiger partial charge in [-0.15, -0.1) is 0 Å². The van der Waals surface area contributed by atoms with Gasteiger partial charge < -0.3 is 15.2 Å². The summed E-state index contributed by atoms with van der Waals surface area (Å²) in [7, 11) is 1.75. The number of amides is 2. The van der Waals surface area contributed by atoms with Crippen LogP contribution in [0.3, 0.4) is 0 Å². The predicted octanol–water partition coefficient (Wildman–Crippen LogP) is 6.55. The Balaban J connectivity index is 1.47. The number of carbonyl (C=O) groups excluding carboxylic acids is 2. The van der Waals surface area contributed by atoms with E-state index in [1.807, 2.05) is 25.1 Å². The minimum atomic E-state index is -1.13. The van der Waals surface area contributed by atoms with Crippen molar-refractivity contribution in [2.45, 2.75) is 32.4 Å². The van der Waals surface area contributed by atoms with Crippen LogP contribution < -0.4 is 10.6 Å². The molecule has 0 aliphatic heterocycles. The van der Waals surface area contributed by atoms with Gasteiger partial charge in [0.25, 0.3) is 5.91 Å². The molecule has 0 radical (unpaired) electrons. The number of aliphatic carboxylic acids is 1. The van der Waals surface area contributed by atoms with E-state index in [-0.39, 0.29) is 12.0 Å². The molecule has 0 aliphatic carbocycles. The van der Waals surface area contributed by atoms with Gasteiger partial charge >= 0.3 is 12.1 Å². The van der Waals surface area contributed by atoms with Gasteiger partial charge in [-0.25, -0.2) is 9.59 Å². The van der Waals surface area contributed by atoms with Gasteiger partial charge in [0.1, 0.15) is 17.8 Å². The maximum atomic E-state index is 12.9. The molecule has 1 aromatic heterocycles. The Hall–Kier alpha value is -4.15. The molecule has 0 saturated carbocycles. The molecule has 0 spiro atoms. The summed E-state index contributed by atoms with van der Waals surface area (Å²) in [6.07, 6.45) is -1.11. The first-order valence-electron chi connectivity index (χ1n) is 12.7. The number of hydrogen-bond acceptors (Lipinski definition) is 5. The molecule has 212 valence electrons. The van der Waals surface area contributed by atoms with E-state index in [2.05, 4.69) is 31.7 Å². The number of halogens is 2. The molecule has 0 saturated heterocycles. The van der Waals surface area contributed by atoms with Gasteiger partial charge in [-0.1, -0.05) is 70.0 Å². The lowest BCUT2D eigenvalue weighted by Crippen LogP contribution is -2.42. The van der Waals surface area contributed by atoms with Crippen molar-refractivity contribution in [3.8, 4) is 11.3 Å². The molecule has 0 bridgehead atoms. The zero-order chi connectivity index (χ0) is 29.7. The Morgan fingerprint density at radius 3 is 2.34 bits per heavy atom. The second-order valence-corrected chi connectivity index (χ2v) is 10.7. The van der Waals surface area contributed by atoms with E-state index in [0.717, 1.165) is 10.0 Å². The van der Waals surface area contributed by atoms with E-state index in [4.69, 9.17) is 16.3 Å². The number of carboxylic acid groups (broad SMARTS) is 1. The molecule has 2 amide bonds. The first-order chi connectivity index (χ1) is 19.5. The molecule has 9 nitrogen and oxygen atoms in total. The van der Waals surface area contributed by atoms with E-state index < -0.39 is 30.1 Å². The maximum Gasteiger partial charge on any atom is 0.412 e. The first-order valence-corrected chi connectivity index (χ1v) is 13.8. The van der Waals surface area contributed by atoms with Crippen LogP contribution in [-0.4, -0.2) is 38.9 Å². The van der Waals surface area contributed by atoms with Gasteiger partial charge in [-0.3, -0.25) is 14.8 Å². The number of carbonyl (C=O) groups is 3. The second-order valence-electron chi connectivity index (χ2n) is 9.40. The van der Waals surface area contributed by atoms with Crippen LogP contribution in [0.1, 0.15) is 40.2 Å². The Bertz CT molecular complexity index is 1570. The summed E-state index contributed by atoms with van der Waals surface area (Å²) in [4.78, 5) is 37.5. The molecular formula is C30H28BrClN4O5. The number of benzene rings is 3. The topological polar surface area (TPSA) is 123 Å². The van der Waals surface area contributed by atoms with E-state index in [1.54, 1.807) is 73.3 Å². The second kappa shape index (κ2) is 13.0. The molecule has 4 rings (SSSR count). The highest BCUT2D eigenvalue weighted by Crippen LogP contribution is 2.31. The molecule has 0 aliphatic rings. The summed E-state index contributed by atoms with van der Waals surface area (Å²) < 4.78 is 8.06. The highest BCUT2D eigenvalue weighted by Gasteiger charge is 2.23. The van der Waals surface area contributed by atoms with E-state index in [9.17, 15) is 19.5 Å². The average Bonchev–Trinajstić information content (AvgIpc) is 3.22. The van der Waals surface area contributed by atoms with Gasteiger partial charge in [-0.05, 0) is 49.7 Å². The lowest BCUT2D eigenvalue weighted by Gasteiger charge is -2.16. The van der Waals surface area contributed by atoms with Crippen molar-refractivity contribution in [2.24, 2.45) is 7.05 Å². The molecule has 1 heterocycles. The van der Waals surface area contributed by atoms with Crippen LogP contribution in [0.4, 0.5) is 10.5 Å². The molecule has 4 aromatic rings. The van der Waals surface area contributed by atoms with E-state index in [0.29, 0.717) is 33.2 Å². The highest BCUT2D eigenvalue weighted by atomic mass is 79.9. The fraction of sp³-hybridized carbons (Fsp3) is 0.200. The van der Waals surface area contributed by atoms with Gasteiger partial charge in [0.2, 0.25) is 0 Å². The number of aromatic nitrogens is 2. The Kier molecular flexibility index (Phi) is 9.46. The lowest BCUT2D eigenvalue weighted by atomic mass is 10.0. The zero-order valence-electron chi connectivity index (χ0n) is 22.5. The van der Waals surface area contributed by atoms with E-state index >= 15 is 0 Å². The van der Waals surface area contributed by atoms with Crippen LogP contribution >= 0.6 is 27.5 Å². The first kappa shape index (κ1) is 29.8. The average molecular weight is 640 g/mol. The van der Waals surface area contributed by atoms with Gasteiger partial charge in [-0.2, -0.15) is 5.10 Å². The number of nitrogens with one attached hydrogen (secondary N) is 2. The molecular weight excluding hydrogens is 612 g/mol. The Labute approximate surface area is 250 Å². The van der Waals surface area contributed by atoms with Gasteiger partial charge in [0, 0.05) is 39.7 Å². The van der Waals surface area contributed by atoms with Crippen molar-refractivity contribution in [3.05, 3.63) is 105 Å². The van der Waals surface area contributed by atoms with Crippen molar-refractivity contribution in [1.29, 1.82) is 0 Å². The number of aryl methyl sites for hydroxylation is 1. The number of ether oxygens (including phenoxy) is 1. The third kappa shape index (κ3) is 7.33. The smallest absolute Gasteiger partial charge is 0.412 e. The number of hydrogen-bond donors (Lipinski definition) is 3.